The van der Waals surface area contributed by atoms with Crippen LogP contribution in [0.5, 0.6) is 0 Å². The van der Waals surface area contributed by atoms with Crippen molar-refractivity contribution in [2.45, 2.75) is 13.0 Å². The van der Waals surface area contributed by atoms with Crippen molar-refractivity contribution in [3.05, 3.63) is 46.7 Å². The lowest BCUT2D eigenvalue weighted by atomic mass is 10.1. The first kappa shape index (κ1) is 13.6. The summed E-state index contributed by atoms with van der Waals surface area (Å²) in [6.07, 6.45) is 3.70. The molecular formula is C13H15BrN4O. The number of carbonyl (C=O) groups is 1. The number of nitrogens with two attached hydrogens (primary N) is 1. The summed E-state index contributed by atoms with van der Waals surface area (Å²) in [6.45, 7) is 1.15. The maximum atomic E-state index is 11.7. The van der Waals surface area contributed by atoms with E-state index in [9.17, 15) is 4.79 Å². The monoisotopic (exact) mass is 322 g/mol. The summed E-state index contributed by atoms with van der Waals surface area (Å²) in [5, 5.41) is 6.89. The second-order valence-corrected chi connectivity index (χ2v) is 5.11. The van der Waals surface area contributed by atoms with Gasteiger partial charge in [0.25, 0.3) is 0 Å². The molecule has 0 saturated carbocycles. The summed E-state index contributed by atoms with van der Waals surface area (Å²) in [5.74, 6) is -0.00164. The zero-order valence-corrected chi connectivity index (χ0v) is 11.9. The number of anilines is 1. The summed E-state index contributed by atoms with van der Waals surface area (Å²) in [4.78, 5) is 11.7. The van der Waals surface area contributed by atoms with Crippen molar-refractivity contribution in [1.82, 2.24) is 15.1 Å². The first-order valence-electron chi connectivity index (χ1n) is 5.92. The quantitative estimate of drug-likeness (QED) is 0.878. The molecule has 0 aliphatic heterocycles. The lowest BCUT2D eigenvalue weighted by Gasteiger charge is -2.06. The Morgan fingerprint density at radius 1 is 1.47 bits per heavy atom. The van der Waals surface area contributed by atoms with E-state index in [1.54, 1.807) is 17.1 Å². The molecule has 0 atom stereocenters. The van der Waals surface area contributed by atoms with Crippen LogP contribution in [0.2, 0.25) is 0 Å². The van der Waals surface area contributed by atoms with Gasteiger partial charge >= 0.3 is 0 Å². The Morgan fingerprint density at radius 2 is 2.32 bits per heavy atom. The molecule has 5 nitrogen and oxygen atoms in total. The number of nitrogens with one attached hydrogen (secondary N) is 1. The van der Waals surface area contributed by atoms with Gasteiger partial charge in [-0.3, -0.25) is 9.48 Å². The summed E-state index contributed by atoms with van der Waals surface area (Å²) in [5.41, 5.74) is 7.16. The Labute approximate surface area is 119 Å². The number of hydrogen-bond donors (Lipinski definition) is 2. The van der Waals surface area contributed by atoms with Gasteiger partial charge in [-0.2, -0.15) is 5.10 Å². The first-order chi connectivity index (χ1) is 9.13. The molecule has 100 valence electrons. The second kappa shape index (κ2) is 6.38. The minimum absolute atomic E-state index is 0.00164. The van der Waals surface area contributed by atoms with E-state index in [0.29, 0.717) is 25.2 Å². The van der Waals surface area contributed by atoms with Crippen LogP contribution < -0.4 is 11.1 Å². The van der Waals surface area contributed by atoms with Gasteiger partial charge in [0.2, 0.25) is 5.91 Å². The fourth-order valence-electron chi connectivity index (χ4n) is 1.71. The van der Waals surface area contributed by atoms with E-state index in [1.165, 1.54) is 0 Å². The molecule has 0 unspecified atom stereocenters. The number of aromatic nitrogens is 2. The van der Waals surface area contributed by atoms with Crippen LogP contribution >= 0.6 is 15.9 Å². The van der Waals surface area contributed by atoms with E-state index in [4.69, 9.17) is 5.73 Å². The molecule has 3 N–H and O–H groups in total. The van der Waals surface area contributed by atoms with E-state index in [1.807, 2.05) is 24.3 Å². The van der Waals surface area contributed by atoms with E-state index in [-0.39, 0.29) is 5.91 Å². The molecule has 0 bridgehead atoms. The number of nitrogens with zero attached hydrogens (tertiary/aromatic N) is 2. The van der Waals surface area contributed by atoms with E-state index in [0.717, 1.165) is 10.0 Å². The molecule has 0 spiro atoms. The molecule has 0 aliphatic rings. The summed E-state index contributed by atoms with van der Waals surface area (Å²) >= 11 is 3.38. The maximum absolute atomic E-state index is 11.7. The van der Waals surface area contributed by atoms with Crippen molar-refractivity contribution in [3.63, 3.8) is 0 Å². The van der Waals surface area contributed by atoms with Gasteiger partial charge in [-0.05, 0) is 17.7 Å². The normalized spacial score (nSPS) is 10.4. The molecule has 0 radical (unpaired) electrons. The van der Waals surface area contributed by atoms with Crippen molar-refractivity contribution < 1.29 is 4.79 Å². The highest BCUT2D eigenvalue weighted by molar-refractivity contribution is 9.10. The summed E-state index contributed by atoms with van der Waals surface area (Å²) in [6, 6.07) is 7.72. The van der Waals surface area contributed by atoms with Gasteiger partial charge in [-0.25, -0.2) is 0 Å². The number of benzene rings is 1. The van der Waals surface area contributed by atoms with Crippen LogP contribution in [0.4, 0.5) is 5.69 Å². The average Bonchev–Trinajstić information content (AvgIpc) is 2.75. The van der Waals surface area contributed by atoms with Crippen LogP contribution in [-0.2, 0) is 17.8 Å². The van der Waals surface area contributed by atoms with Crippen molar-refractivity contribution in [1.29, 1.82) is 0 Å². The Morgan fingerprint density at radius 3 is 3.00 bits per heavy atom. The third kappa shape index (κ3) is 4.40. The van der Waals surface area contributed by atoms with Crippen molar-refractivity contribution in [2.75, 3.05) is 12.3 Å². The van der Waals surface area contributed by atoms with E-state index in [2.05, 4.69) is 26.3 Å². The second-order valence-electron chi connectivity index (χ2n) is 4.19. The zero-order valence-electron chi connectivity index (χ0n) is 10.3. The van der Waals surface area contributed by atoms with Crippen LogP contribution in [0.3, 0.4) is 0 Å². The van der Waals surface area contributed by atoms with Crippen LogP contribution in [0.25, 0.3) is 0 Å². The number of nitrogen functional groups attached to an aromatic ring is 1. The predicted molar refractivity (Wildman–Crippen MR) is 77.5 cm³/mol. The molecule has 2 rings (SSSR count). The minimum atomic E-state index is -0.00164. The fourth-order valence-corrected chi connectivity index (χ4v) is 2.15. The standard InChI is InChI=1S/C13H15BrN4O/c14-11-3-1-2-10(6-11)7-13(19)16-4-5-18-9-12(15)8-17-18/h1-3,6,8-9H,4-5,7,15H2,(H,16,19). The highest BCUT2D eigenvalue weighted by Crippen LogP contribution is 2.11. The molecule has 0 saturated heterocycles. The first-order valence-corrected chi connectivity index (χ1v) is 6.72. The van der Waals surface area contributed by atoms with Crippen molar-refractivity contribution in [2.24, 2.45) is 0 Å². The fraction of sp³-hybridized carbons (Fsp3) is 0.231. The zero-order chi connectivity index (χ0) is 13.7. The lowest BCUT2D eigenvalue weighted by molar-refractivity contribution is -0.120. The van der Waals surface area contributed by atoms with Gasteiger partial charge in [-0.1, -0.05) is 28.1 Å². The van der Waals surface area contributed by atoms with Crippen LogP contribution in [0, 0.1) is 0 Å². The molecule has 1 amide bonds. The third-order valence-electron chi connectivity index (χ3n) is 2.57. The van der Waals surface area contributed by atoms with Crippen LogP contribution in [0.1, 0.15) is 5.56 Å². The number of hydrogen-bond acceptors (Lipinski definition) is 3. The largest absolute Gasteiger partial charge is 0.396 e. The highest BCUT2D eigenvalue weighted by Gasteiger charge is 2.03. The molecule has 0 aliphatic carbocycles. The van der Waals surface area contributed by atoms with E-state index < -0.39 is 0 Å². The minimum Gasteiger partial charge on any atom is -0.396 e. The molecule has 1 aromatic heterocycles. The molecule has 2 aromatic rings. The Balaban J connectivity index is 1.76. The smallest absolute Gasteiger partial charge is 0.224 e. The van der Waals surface area contributed by atoms with Gasteiger partial charge in [-0.15, -0.1) is 0 Å². The number of halogens is 1. The highest BCUT2D eigenvalue weighted by atomic mass is 79.9. The molecule has 6 heteroatoms. The Kier molecular flexibility index (Phi) is 4.57. The molecular weight excluding hydrogens is 308 g/mol. The summed E-state index contributed by atoms with van der Waals surface area (Å²) < 4.78 is 2.68. The lowest BCUT2D eigenvalue weighted by Crippen LogP contribution is -2.28. The molecule has 1 heterocycles. The van der Waals surface area contributed by atoms with Crippen LogP contribution in [-0.4, -0.2) is 22.2 Å². The molecule has 19 heavy (non-hydrogen) atoms. The Bertz CT molecular complexity index is 567. The van der Waals surface area contributed by atoms with Crippen LogP contribution in [0.15, 0.2) is 41.1 Å². The number of rotatable bonds is 5. The predicted octanol–water partition coefficient (Wildman–Crippen LogP) is 1.59. The van der Waals surface area contributed by atoms with E-state index >= 15 is 0 Å². The van der Waals surface area contributed by atoms with Crippen molar-refractivity contribution in [3.8, 4) is 0 Å². The molecule has 0 fully saturated rings. The summed E-state index contributed by atoms with van der Waals surface area (Å²) in [7, 11) is 0. The van der Waals surface area contributed by atoms with Gasteiger partial charge in [0, 0.05) is 17.2 Å². The number of carbonyl (C=O) groups excluding carboxylic acids is 1. The average molecular weight is 323 g/mol. The van der Waals surface area contributed by atoms with Gasteiger partial charge in [0.1, 0.15) is 0 Å². The SMILES string of the molecule is Nc1cnn(CCNC(=O)Cc2cccc(Br)c2)c1. The number of amides is 1. The van der Waals surface area contributed by atoms with Gasteiger partial charge in [0.15, 0.2) is 0 Å². The van der Waals surface area contributed by atoms with Gasteiger partial charge in [0.05, 0.1) is 24.8 Å². The van der Waals surface area contributed by atoms with Crippen molar-refractivity contribution >= 4 is 27.5 Å². The topological polar surface area (TPSA) is 72.9 Å². The Hall–Kier alpha value is -1.82. The van der Waals surface area contributed by atoms with Gasteiger partial charge < -0.3 is 11.1 Å². The molecule has 1 aromatic carbocycles. The third-order valence-corrected chi connectivity index (χ3v) is 3.06. The maximum Gasteiger partial charge on any atom is 0.224 e.